The minimum absolute atomic E-state index is 0. The Labute approximate surface area is 105 Å². The van der Waals surface area contributed by atoms with E-state index in [2.05, 4.69) is 34.2 Å². The second-order valence-corrected chi connectivity index (χ2v) is 4.37. The molecular weight excluding hydrogens is 277 g/mol. The van der Waals surface area contributed by atoms with Crippen molar-refractivity contribution in [2.75, 3.05) is 13.7 Å². The molecule has 1 aliphatic rings. The molecular formula is C11H15BrClNO. The molecule has 2 nitrogen and oxygen atoms in total. The second kappa shape index (κ2) is 5.19. The summed E-state index contributed by atoms with van der Waals surface area (Å²) in [5.41, 5.74) is 2.76. The number of ether oxygens (including phenoxy) is 1. The summed E-state index contributed by atoms with van der Waals surface area (Å²) in [4.78, 5) is 0. The molecule has 4 heteroatoms. The molecule has 2 rings (SSSR count). The Morgan fingerprint density at radius 3 is 2.87 bits per heavy atom. The summed E-state index contributed by atoms with van der Waals surface area (Å²) in [5.74, 6) is 0.929. The van der Waals surface area contributed by atoms with Crippen LogP contribution in [0.15, 0.2) is 16.6 Å². The molecule has 1 N–H and O–H groups in total. The smallest absolute Gasteiger partial charge is 0.133 e. The van der Waals surface area contributed by atoms with Crippen LogP contribution in [0.25, 0.3) is 0 Å². The zero-order valence-electron chi connectivity index (χ0n) is 8.84. The third-order valence-electron chi connectivity index (χ3n) is 2.76. The lowest BCUT2D eigenvalue weighted by Gasteiger charge is -2.25. The van der Waals surface area contributed by atoms with Gasteiger partial charge in [-0.2, -0.15) is 0 Å². The van der Waals surface area contributed by atoms with E-state index < -0.39 is 0 Å². The summed E-state index contributed by atoms with van der Waals surface area (Å²) < 4.78 is 6.40. The SMILES string of the molecule is COc1ccc2c(c1Br)CCNC2C.Cl. The van der Waals surface area contributed by atoms with E-state index in [1.807, 2.05) is 6.07 Å². The summed E-state index contributed by atoms with van der Waals surface area (Å²) in [6, 6.07) is 4.61. The maximum absolute atomic E-state index is 5.28. The lowest BCUT2D eigenvalue weighted by molar-refractivity contribution is 0.409. The fraction of sp³-hybridized carbons (Fsp3) is 0.455. The van der Waals surface area contributed by atoms with Gasteiger partial charge in [0.25, 0.3) is 0 Å². The van der Waals surface area contributed by atoms with E-state index in [1.54, 1.807) is 7.11 Å². The van der Waals surface area contributed by atoms with Gasteiger partial charge in [0.2, 0.25) is 0 Å². The van der Waals surface area contributed by atoms with Crippen molar-refractivity contribution in [1.82, 2.24) is 5.32 Å². The molecule has 15 heavy (non-hydrogen) atoms. The van der Waals surface area contributed by atoms with Crippen molar-refractivity contribution < 1.29 is 4.74 Å². The average Bonchev–Trinajstić information content (AvgIpc) is 2.20. The minimum Gasteiger partial charge on any atom is -0.496 e. The molecule has 1 unspecified atom stereocenters. The molecule has 1 atom stereocenters. The molecule has 0 saturated heterocycles. The van der Waals surface area contributed by atoms with Crippen molar-refractivity contribution in [2.24, 2.45) is 0 Å². The molecule has 0 aliphatic carbocycles. The zero-order valence-corrected chi connectivity index (χ0v) is 11.2. The Bertz CT molecular complexity index is 357. The summed E-state index contributed by atoms with van der Waals surface area (Å²) in [6.45, 7) is 3.23. The monoisotopic (exact) mass is 291 g/mol. The van der Waals surface area contributed by atoms with Crippen molar-refractivity contribution in [3.63, 3.8) is 0 Å². The number of hydrogen-bond acceptors (Lipinski definition) is 2. The van der Waals surface area contributed by atoms with Gasteiger partial charge in [0.15, 0.2) is 0 Å². The molecule has 0 aromatic heterocycles. The van der Waals surface area contributed by atoms with Crippen LogP contribution in [0, 0.1) is 0 Å². The van der Waals surface area contributed by atoms with Crippen molar-refractivity contribution in [3.8, 4) is 5.75 Å². The quantitative estimate of drug-likeness (QED) is 0.859. The lowest BCUT2D eigenvalue weighted by Crippen LogP contribution is -2.28. The van der Waals surface area contributed by atoms with E-state index >= 15 is 0 Å². The van der Waals surface area contributed by atoms with Crippen LogP contribution in [0.3, 0.4) is 0 Å². The van der Waals surface area contributed by atoms with Crippen molar-refractivity contribution >= 4 is 28.3 Å². The van der Waals surface area contributed by atoms with Gasteiger partial charge in [-0.15, -0.1) is 12.4 Å². The van der Waals surface area contributed by atoms with Gasteiger partial charge in [-0.3, -0.25) is 0 Å². The van der Waals surface area contributed by atoms with Gasteiger partial charge in [0.05, 0.1) is 11.6 Å². The molecule has 84 valence electrons. The third kappa shape index (κ3) is 2.30. The summed E-state index contributed by atoms with van der Waals surface area (Å²) >= 11 is 3.60. The number of nitrogens with one attached hydrogen (secondary N) is 1. The first-order valence-corrected chi connectivity index (χ1v) is 5.62. The highest BCUT2D eigenvalue weighted by atomic mass is 79.9. The maximum atomic E-state index is 5.28. The van der Waals surface area contributed by atoms with Crippen LogP contribution in [0.1, 0.15) is 24.1 Å². The highest BCUT2D eigenvalue weighted by Crippen LogP contribution is 2.35. The van der Waals surface area contributed by atoms with E-state index in [9.17, 15) is 0 Å². The number of fused-ring (bicyclic) bond motifs is 1. The molecule has 1 aromatic carbocycles. The van der Waals surface area contributed by atoms with Gasteiger partial charge in [-0.25, -0.2) is 0 Å². The Hall–Kier alpha value is -0.250. The molecule has 0 amide bonds. The molecule has 1 aromatic rings. The largest absolute Gasteiger partial charge is 0.496 e. The first-order chi connectivity index (χ1) is 6.74. The van der Waals surface area contributed by atoms with Gasteiger partial charge in [-0.05, 0) is 53.0 Å². The van der Waals surface area contributed by atoms with Crippen LogP contribution < -0.4 is 10.1 Å². The Morgan fingerprint density at radius 1 is 1.47 bits per heavy atom. The van der Waals surface area contributed by atoms with Crippen LogP contribution in [-0.4, -0.2) is 13.7 Å². The Kier molecular flexibility index (Phi) is 4.44. The van der Waals surface area contributed by atoms with Crippen molar-refractivity contribution in [1.29, 1.82) is 0 Å². The van der Waals surface area contributed by atoms with E-state index in [1.165, 1.54) is 11.1 Å². The van der Waals surface area contributed by atoms with Crippen LogP contribution in [0.4, 0.5) is 0 Å². The normalized spacial score (nSPS) is 19.0. The highest BCUT2D eigenvalue weighted by molar-refractivity contribution is 9.10. The summed E-state index contributed by atoms with van der Waals surface area (Å²) in [7, 11) is 1.71. The first-order valence-electron chi connectivity index (χ1n) is 4.82. The van der Waals surface area contributed by atoms with E-state index in [0.717, 1.165) is 23.2 Å². The lowest BCUT2D eigenvalue weighted by atomic mass is 9.95. The van der Waals surface area contributed by atoms with Crippen molar-refractivity contribution in [2.45, 2.75) is 19.4 Å². The Balaban J connectivity index is 0.00000112. The van der Waals surface area contributed by atoms with Crippen LogP contribution in [0.2, 0.25) is 0 Å². The minimum atomic E-state index is 0. The number of halogens is 2. The van der Waals surface area contributed by atoms with Gasteiger partial charge >= 0.3 is 0 Å². The molecule has 0 fully saturated rings. The molecule has 0 radical (unpaired) electrons. The van der Waals surface area contributed by atoms with E-state index in [4.69, 9.17) is 4.74 Å². The summed E-state index contributed by atoms with van der Waals surface area (Å²) in [5, 5.41) is 3.44. The molecule has 1 aliphatic heterocycles. The fourth-order valence-electron chi connectivity index (χ4n) is 1.96. The van der Waals surface area contributed by atoms with Crippen molar-refractivity contribution in [3.05, 3.63) is 27.7 Å². The van der Waals surface area contributed by atoms with Gasteiger partial charge in [-0.1, -0.05) is 6.07 Å². The third-order valence-corrected chi connectivity index (χ3v) is 3.63. The van der Waals surface area contributed by atoms with Gasteiger partial charge in [0.1, 0.15) is 5.75 Å². The van der Waals surface area contributed by atoms with Crippen LogP contribution >= 0.6 is 28.3 Å². The van der Waals surface area contributed by atoms with Crippen LogP contribution in [0.5, 0.6) is 5.75 Å². The highest BCUT2D eigenvalue weighted by Gasteiger charge is 2.19. The number of hydrogen-bond donors (Lipinski definition) is 1. The second-order valence-electron chi connectivity index (χ2n) is 3.58. The number of methoxy groups -OCH3 is 1. The van der Waals surface area contributed by atoms with Crippen LogP contribution in [-0.2, 0) is 6.42 Å². The predicted molar refractivity (Wildman–Crippen MR) is 68.1 cm³/mol. The summed E-state index contributed by atoms with van der Waals surface area (Å²) in [6.07, 6.45) is 1.07. The fourth-order valence-corrected chi connectivity index (χ4v) is 2.68. The molecule has 0 spiro atoms. The molecule has 0 saturated carbocycles. The van der Waals surface area contributed by atoms with E-state index in [-0.39, 0.29) is 12.4 Å². The zero-order chi connectivity index (χ0) is 10.1. The predicted octanol–water partition coefficient (Wildman–Crippen LogP) is 3.09. The number of benzene rings is 1. The maximum Gasteiger partial charge on any atom is 0.133 e. The topological polar surface area (TPSA) is 21.3 Å². The van der Waals surface area contributed by atoms with Gasteiger partial charge in [0, 0.05) is 6.04 Å². The standard InChI is InChI=1S/C11H14BrNO.ClH/c1-7-8-3-4-10(14-2)11(12)9(8)5-6-13-7;/h3-4,7,13H,5-6H2,1-2H3;1H. The Morgan fingerprint density at radius 2 is 2.20 bits per heavy atom. The molecule has 0 bridgehead atoms. The number of rotatable bonds is 1. The van der Waals surface area contributed by atoms with Gasteiger partial charge < -0.3 is 10.1 Å². The molecule has 1 heterocycles. The van der Waals surface area contributed by atoms with E-state index in [0.29, 0.717) is 6.04 Å². The first kappa shape index (κ1) is 12.8. The average molecular weight is 293 g/mol.